The molecule has 0 atom stereocenters. The summed E-state index contributed by atoms with van der Waals surface area (Å²) in [6.07, 6.45) is 1.63. The molecule has 66 valence electrons. The molecule has 0 aliphatic heterocycles. The lowest BCUT2D eigenvalue weighted by Crippen LogP contribution is -2.23. The second-order valence-corrected chi connectivity index (χ2v) is 3.38. The van der Waals surface area contributed by atoms with Crippen molar-refractivity contribution in [1.29, 1.82) is 0 Å². The van der Waals surface area contributed by atoms with Gasteiger partial charge in [-0.3, -0.25) is 4.79 Å². The predicted molar refractivity (Wildman–Crippen MR) is 52.8 cm³/mol. The number of halogens is 1. The maximum Gasteiger partial charge on any atom is 0.269 e. The summed E-state index contributed by atoms with van der Waals surface area (Å²) in [5.74, 6) is 0. The highest BCUT2D eigenvalue weighted by Gasteiger charge is 1.96. The van der Waals surface area contributed by atoms with Crippen LogP contribution in [0.5, 0.6) is 0 Å². The first-order valence-corrected chi connectivity index (χ1v) is 4.62. The topological polar surface area (TPSA) is 44.1 Å². The molecule has 0 radical (unpaired) electrons. The Kier molecular flexibility index (Phi) is 3.67. The van der Waals surface area contributed by atoms with E-state index in [1.54, 1.807) is 6.20 Å². The zero-order valence-electron chi connectivity index (χ0n) is 6.66. The van der Waals surface area contributed by atoms with Gasteiger partial charge in [-0.25, -0.2) is 4.68 Å². The molecule has 0 unspecified atom stereocenters. The molecule has 0 amide bonds. The van der Waals surface area contributed by atoms with Crippen LogP contribution in [0.2, 0.25) is 0 Å². The van der Waals surface area contributed by atoms with Crippen LogP contribution in [0.3, 0.4) is 0 Å². The number of hydrogen-bond donors (Lipinski definition) is 0. The fraction of sp³-hybridized carbons (Fsp3) is 0.429. The first-order valence-electron chi connectivity index (χ1n) is 3.54. The summed E-state index contributed by atoms with van der Waals surface area (Å²) in [4.78, 5) is 11.2. The number of aromatic nitrogens is 2. The normalized spacial score (nSPS) is 10.2. The molecule has 0 aliphatic carbocycles. The molecule has 0 spiro atoms. The second kappa shape index (κ2) is 4.56. The Morgan fingerprint density at radius 2 is 2.50 bits per heavy atom. The van der Waals surface area contributed by atoms with Crippen LogP contribution in [-0.4, -0.2) is 16.4 Å². The summed E-state index contributed by atoms with van der Waals surface area (Å²) >= 11 is 2.04. The summed E-state index contributed by atoms with van der Waals surface area (Å²) in [5, 5.41) is 3.89. The Bertz CT molecular complexity index is 311. The van der Waals surface area contributed by atoms with Crippen LogP contribution in [0.1, 0.15) is 6.92 Å². The van der Waals surface area contributed by atoms with Gasteiger partial charge >= 0.3 is 0 Å². The van der Waals surface area contributed by atoms with E-state index >= 15 is 0 Å². The summed E-state index contributed by atoms with van der Waals surface area (Å²) in [6, 6.07) is 1.52. The van der Waals surface area contributed by atoms with Gasteiger partial charge in [-0.15, -0.1) is 0 Å². The average Bonchev–Trinajstić information content (AvgIpc) is 2.03. The molecule has 1 heterocycles. The quantitative estimate of drug-likeness (QED) is 0.771. The van der Waals surface area contributed by atoms with E-state index < -0.39 is 0 Å². The number of ether oxygens (including phenoxy) is 1. The van der Waals surface area contributed by atoms with Gasteiger partial charge in [-0.2, -0.15) is 5.10 Å². The van der Waals surface area contributed by atoms with Gasteiger partial charge in [0.15, 0.2) is 0 Å². The van der Waals surface area contributed by atoms with E-state index in [2.05, 4.69) is 5.10 Å². The van der Waals surface area contributed by atoms with Gasteiger partial charge in [-0.1, -0.05) is 0 Å². The van der Waals surface area contributed by atoms with Gasteiger partial charge in [0.05, 0.1) is 6.20 Å². The Labute approximate surface area is 83.7 Å². The van der Waals surface area contributed by atoms with E-state index in [0.29, 0.717) is 6.61 Å². The first kappa shape index (κ1) is 9.66. The van der Waals surface area contributed by atoms with Crippen molar-refractivity contribution in [2.24, 2.45) is 0 Å². The molecule has 0 saturated carbocycles. The van der Waals surface area contributed by atoms with Crippen molar-refractivity contribution in [2.45, 2.75) is 13.7 Å². The summed E-state index contributed by atoms with van der Waals surface area (Å²) in [6.45, 7) is 2.68. The Morgan fingerprint density at radius 1 is 1.75 bits per heavy atom. The van der Waals surface area contributed by atoms with Gasteiger partial charge < -0.3 is 4.74 Å². The van der Waals surface area contributed by atoms with Gasteiger partial charge in [0.2, 0.25) is 0 Å². The third-order valence-electron chi connectivity index (χ3n) is 1.25. The summed E-state index contributed by atoms with van der Waals surface area (Å²) in [5.41, 5.74) is -0.129. The van der Waals surface area contributed by atoms with Gasteiger partial charge in [0.1, 0.15) is 6.73 Å². The maximum absolute atomic E-state index is 11.2. The maximum atomic E-state index is 11.2. The molecule has 1 aromatic rings. The molecule has 12 heavy (non-hydrogen) atoms. The smallest absolute Gasteiger partial charge is 0.269 e. The van der Waals surface area contributed by atoms with Crippen molar-refractivity contribution in [2.75, 3.05) is 6.61 Å². The minimum absolute atomic E-state index is 0.129. The predicted octanol–water partition coefficient (Wildman–Crippen LogP) is 0.842. The molecule has 5 heteroatoms. The molecule has 0 aliphatic rings. The van der Waals surface area contributed by atoms with Gasteiger partial charge in [-0.05, 0) is 29.5 Å². The highest BCUT2D eigenvalue weighted by molar-refractivity contribution is 14.1. The fourth-order valence-corrected chi connectivity index (χ4v) is 1.08. The van der Waals surface area contributed by atoms with Crippen LogP contribution >= 0.6 is 22.6 Å². The van der Waals surface area contributed by atoms with Crippen molar-refractivity contribution >= 4 is 22.6 Å². The van der Waals surface area contributed by atoms with Crippen LogP contribution in [0.4, 0.5) is 0 Å². The molecule has 0 aromatic carbocycles. The van der Waals surface area contributed by atoms with Crippen LogP contribution in [0, 0.1) is 3.57 Å². The van der Waals surface area contributed by atoms with Crippen LogP contribution < -0.4 is 5.56 Å². The van der Waals surface area contributed by atoms with Crippen molar-refractivity contribution in [3.8, 4) is 0 Å². The van der Waals surface area contributed by atoms with Crippen LogP contribution in [0.15, 0.2) is 17.1 Å². The van der Waals surface area contributed by atoms with Crippen molar-refractivity contribution in [1.82, 2.24) is 9.78 Å². The average molecular weight is 280 g/mol. The lowest BCUT2D eigenvalue weighted by atomic mass is 10.6. The van der Waals surface area contributed by atoms with E-state index in [1.165, 1.54) is 10.7 Å². The molecule has 0 bridgehead atoms. The van der Waals surface area contributed by atoms with E-state index in [-0.39, 0.29) is 12.3 Å². The van der Waals surface area contributed by atoms with E-state index in [9.17, 15) is 4.79 Å². The highest BCUT2D eigenvalue weighted by atomic mass is 127. The summed E-state index contributed by atoms with van der Waals surface area (Å²) in [7, 11) is 0. The first-order chi connectivity index (χ1) is 5.74. The van der Waals surface area contributed by atoms with Crippen molar-refractivity contribution in [3.05, 3.63) is 26.2 Å². The monoisotopic (exact) mass is 280 g/mol. The third kappa shape index (κ3) is 2.56. The largest absolute Gasteiger partial charge is 0.359 e. The molecule has 0 saturated heterocycles. The summed E-state index contributed by atoms with van der Waals surface area (Å²) < 4.78 is 7.16. The standard InChI is InChI=1S/C7H9IN2O2/c1-2-12-5-10-7(11)3-6(8)4-9-10/h3-4H,2,5H2,1H3. The van der Waals surface area contributed by atoms with Crippen molar-refractivity contribution < 1.29 is 4.74 Å². The fourth-order valence-electron chi connectivity index (χ4n) is 0.686. The second-order valence-electron chi connectivity index (χ2n) is 2.13. The lowest BCUT2D eigenvalue weighted by molar-refractivity contribution is 0.0754. The van der Waals surface area contributed by atoms with E-state index in [0.717, 1.165) is 3.57 Å². The Hall–Kier alpha value is -0.430. The Morgan fingerprint density at radius 3 is 3.08 bits per heavy atom. The molecule has 1 rings (SSSR count). The van der Waals surface area contributed by atoms with Gasteiger partial charge in [0, 0.05) is 16.2 Å². The zero-order chi connectivity index (χ0) is 8.97. The molecule has 1 aromatic heterocycles. The van der Waals surface area contributed by atoms with E-state index in [1.807, 2.05) is 29.5 Å². The van der Waals surface area contributed by atoms with Crippen molar-refractivity contribution in [3.63, 3.8) is 0 Å². The number of hydrogen-bond acceptors (Lipinski definition) is 3. The molecular weight excluding hydrogens is 271 g/mol. The SMILES string of the molecule is CCOCn1ncc(I)cc1=O. The molecule has 4 nitrogen and oxygen atoms in total. The minimum Gasteiger partial charge on any atom is -0.359 e. The minimum atomic E-state index is -0.129. The number of rotatable bonds is 3. The molecular formula is C7H9IN2O2. The molecule has 0 N–H and O–H groups in total. The molecule has 0 fully saturated rings. The van der Waals surface area contributed by atoms with Crippen LogP contribution in [0.25, 0.3) is 0 Å². The third-order valence-corrected chi connectivity index (χ3v) is 1.84. The zero-order valence-corrected chi connectivity index (χ0v) is 8.82. The van der Waals surface area contributed by atoms with Crippen LogP contribution in [-0.2, 0) is 11.5 Å². The van der Waals surface area contributed by atoms with E-state index in [4.69, 9.17) is 4.74 Å². The highest BCUT2D eigenvalue weighted by Crippen LogP contribution is 1.95. The Balaban J connectivity index is 2.80. The van der Waals surface area contributed by atoms with Gasteiger partial charge in [0.25, 0.3) is 5.56 Å². The number of nitrogens with zero attached hydrogens (tertiary/aromatic N) is 2. The lowest BCUT2D eigenvalue weighted by Gasteiger charge is -2.02.